The Balaban J connectivity index is 1.53. The maximum Gasteiger partial charge on any atom is 0.0783 e. The highest BCUT2D eigenvalue weighted by Crippen LogP contribution is 2.54. The van der Waals surface area contributed by atoms with Gasteiger partial charge in [0, 0.05) is 23.8 Å². The monoisotopic (exact) mass is 303 g/mol. The number of hydrogen-bond acceptors (Lipinski definition) is 3. The average Bonchev–Trinajstić information content (AvgIpc) is 3.24. The second-order valence-corrected chi connectivity index (χ2v) is 8.24. The summed E-state index contributed by atoms with van der Waals surface area (Å²) in [6, 6.07) is 11.2. The summed E-state index contributed by atoms with van der Waals surface area (Å²) in [5, 5.41) is 0. The Morgan fingerprint density at radius 1 is 1.19 bits per heavy atom. The summed E-state index contributed by atoms with van der Waals surface area (Å²) in [6.45, 7) is 0.907. The van der Waals surface area contributed by atoms with Crippen molar-refractivity contribution < 1.29 is 4.74 Å². The van der Waals surface area contributed by atoms with Gasteiger partial charge in [0.15, 0.2) is 0 Å². The van der Waals surface area contributed by atoms with Crippen molar-refractivity contribution in [1.82, 2.24) is 0 Å². The predicted molar refractivity (Wildman–Crippen MR) is 88.7 cm³/mol. The van der Waals surface area contributed by atoms with E-state index >= 15 is 0 Å². The van der Waals surface area contributed by atoms with Crippen molar-refractivity contribution in [2.75, 3.05) is 18.1 Å². The van der Waals surface area contributed by atoms with E-state index in [4.69, 9.17) is 10.5 Å². The first-order chi connectivity index (χ1) is 10.2. The maximum atomic E-state index is 6.81. The number of ether oxygens (including phenoxy) is 1. The van der Waals surface area contributed by atoms with Crippen molar-refractivity contribution in [3.63, 3.8) is 0 Å². The van der Waals surface area contributed by atoms with Gasteiger partial charge in [0.05, 0.1) is 5.60 Å². The number of thioether (sulfide) groups is 1. The van der Waals surface area contributed by atoms with Crippen molar-refractivity contribution in [2.24, 2.45) is 11.7 Å². The molecule has 2 N–H and O–H groups in total. The third-order valence-corrected chi connectivity index (χ3v) is 7.10. The third-order valence-electron chi connectivity index (χ3n) is 5.88. The minimum absolute atomic E-state index is 0.151. The molecule has 0 radical (unpaired) electrons. The molecule has 2 aliphatic heterocycles. The fourth-order valence-corrected chi connectivity index (χ4v) is 5.78. The minimum Gasteiger partial charge on any atom is -0.374 e. The summed E-state index contributed by atoms with van der Waals surface area (Å²) in [5.41, 5.74) is 8.68. The summed E-state index contributed by atoms with van der Waals surface area (Å²) in [5.74, 6) is 3.06. The molecule has 2 heterocycles. The van der Waals surface area contributed by atoms with Crippen LogP contribution in [0.25, 0.3) is 0 Å². The molecule has 0 aromatic heterocycles. The fraction of sp³-hybridized carbons (Fsp3) is 0.667. The topological polar surface area (TPSA) is 35.2 Å². The Hall–Kier alpha value is -0.510. The molecule has 0 bridgehead atoms. The van der Waals surface area contributed by atoms with Crippen LogP contribution in [0.5, 0.6) is 0 Å². The van der Waals surface area contributed by atoms with E-state index in [2.05, 4.69) is 30.3 Å². The van der Waals surface area contributed by atoms with Crippen LogP contribution in [0.2, 0.25) is 0 Å². The van der Waals surface area contributed by atoms with E-state index in [1.807, 2.05) is 11.8 Å². The van der Waals surface area contributed by atoms with E-state index in [0.717, 1.165) is 13.0 Å². The minimum atomic E-state index is 0.151. The van der Waals surface area contributed by atoms with Crippen LogP contribution in [0.3, 0.4) is 0 Å². The van der Waals surface area contributed by atoms with Crippen LogP contribution in [-0.4, -0.2) is 29.8 Å². The predicted octanol–water partition coefficient (Wildman–Crippen LogP) is 3.35. The third kappa shape index (κ3) is 2.43. The first kappa shape index (κ1) is 14.1. The Labute approximate surface area is 131 Å². The normalized spacial score (nSPS) is 35.8. The van der Waals surface area contributed by atoms with Gasteiger partial charge >= 0.3 is 0 Å². The van der Waals surface area contributed by atoms with E-state index < -0.39 is 0 Å². The Kier molecular flexibility index (Phi) is 3.55. The molecule has 1 saturated carbocycles. The summed E-state index contributed by atoms with van der Waals surface area (Å²) in [4.78, 5) is 0. The molecule has 1 spiro atoms. The fourth-order valence-electron chi connectivity index (χ4n) is 4.41. The molecule has 2 nitrogen and oxygen atoms in total. The molecule has 4 rings (SSSR count). The standard InChI is InChI=1S/C18H25NOS/c19-16(18(7-8-18)15-4-2-1-3-5-15)14-6-10-20-17(12-14)9-11-21-13-17/h1-5,14,16H,6-13,19H2. The van der Waals surface area contributed by atoms with Crippen LogP contribution in [0.15, 0.2) is 30.3 Å². The van der Waals surface area contributed by atoms with Crippen LogP contribution in [0.4, 0.5) is 0 Å². The first-order valence-electron chi connectivity index (χ1n) is 8.27. The molecule has 1 aliphatic carbocycles. The van der Waals surface area contributed by atoms with Crippen molar-refractivity contribution in [3.05, 3.63) is 35.9 Å². The molecular weight excluding hydrogens is 278 g/mol. The van der Waals surface area contributed by atoms with Crippen LogP contribution in [-0.2, 0) is 10.2 Å². The second kappa shape index (κ2) is 5.29. The molecule has 3 unspecified atom stereocenters. The van der Waals surface area contributed by atoms with Gasteiger partial charge in [-0.25, -0.2) is 0 Å². The molecule has 1 aromatic rings. The van der Waals surface area contributed by atoms with Gasteiger partial charge in [0.25, 0.3) is 0 Å². The smallest absolute Gasteiger partial charge is 0.0783 e. The summed E-state index contributed by atoms with van der Waals surface area (Å²) < 4.78 is 6.17. The quantitative estimate of drug-likeness (QED) is 0.930. The van der Waals surface area contributed by atoms with Gasteiger partial charge in [0.1, 0.15) is 0 Å². The van der Waals surface area contributed by atoms with Crippen molar-refractivity contribution >= 4 is 11.8 Å². The van der Waals surface area contributed by atoms with Gasteiger partial charge < -0.3 is 10.5 Å². The first-order valence-corrected chi connectivity index (χ1v) is 9.43. The zero-order chi connectivity index (χ0) is 14.3. The van der Waals surface area contributed by atoms with Gasteiger partial charge in [-0.1, -0.05) is 30.3 Å². The van der Waals surface area contributed by atoms with E-state index in [1.165, 1.54) is 42.8 Å². The molecule has 2 saturated heterocycles. The van der Waals surface area contributed by atoms with Gasteiger partial charge in [-0.15, -0.1) is 0 Å². The highest BCUT2D eigenvalue weighted by molar-refractivity contribution is 7.99. The Morgan fingerprint density at radius 3 is 2.67 bits per heavy atom. The van der Waals surface area contributed by atoms with Gasteiger partial charge in [-0.3, -0.25) is 0 Å². The van der Waals surface area contributed by atoms with Crippen LogP contribution in [0.1, 0.15) is 37.7 Å². The number of rotatable bonds is 3. The average molecular weight is 303 g/mol. The highest BCUT2D eigenvalue weighted by atomic mass is 32.2. The van der Waals surface area contributed by atoms with Gasteiger partial charge in [-0.05, 0) is 49.3 Å². The molecule has 0 amide bonds. The molecule has 3 fully saturated rings. The van der Waals surface area contributed by atoms with Crippen molar-refractivity contribution in [3.8, 4) is 0 Å². The Bertz CT molecular complexity index is 493. The van der Waals surface area contributed by atoms with Crippen LogP contribution >= 0.6 is 11.8 Å². The maximum absolute atomic E-state index is 6.81. The van der Waals surface area contributed by atoms with E-state index in [-0.39, 0.29) is 11.0 Å². The van der Waals surface area contributed by atoms with Crippen LogP contribution in [0, 0.1) is 5.92 Å². The Morgan fingerprint density at radius 2 is 2.00 bits per heavy atom. The SMILES string of the molecule is NC(C1CCOC2(CCSC2)C1)C1(c2ccccc2)CC1. The van der Waals surface area contributed by atoms with E-state index in [1.54, 1.807) is 0 Å². The summed E-state index contributed by atoms with van der Waals surface area (Å²) >= 11 is 2.05. The molecule has 21 heavy (non-hydrogen) atoms. The van der Waals surface area contributed by atoms with E-state index in [0.29, 0.717) is 12.0 Å². The lowest BCUT2D eigenvalue weighted by Crippen LogP contribution is -2.49. The van der Waals surface area contributed by atoms with Gasteiger partial charge in [-0.2, -0.15) is 11.8 Å². The second-order valence-electron chi connectivity index (χ2n) is 7.13. The molecule has 114 valence electrons. The largest absolute Gasteiger partial charge is 0.374 e. The van der Waals surface area contributed by atoms with Crippen molar-refractivity contribution in [1.29, 1.82) is 0 Å². The van der Waals surface area contributed by atoms with Gasteiger partial charge in [0.2, 0.25) is 0 Å². The lowest BCUT2D eigenvalue weighted by Gasteiger charge is -2.42. The lowest BCUT2D eigenvalue weighted by atomic mass is 9.74. The zero-order valence-electron chi connectivity index (χ0n) is 12.6. The molecule has 3 aliphatic rings. The molecule has 3 heteroatoms. The number of hydrogen-bond donors (Lipinski definition) is 1. The van der Waals surface area contributed by atoms with Crippen LogP contribution < -0.4 is 5.73 Å². The zero-order valence-corrected chi connectivity index (χ0v) is 13.4. The summed E-state index contributed by atoms with van der Waals surface area (Å²) in [6.07, 6.45) is 6.06. The number of benzene rings is 1. The summed E-state index contributed by atoms with van der Waals surface area (Å²) in [7, 11) is 0. The molecule has 3 atom stereocenters. The van der Waals surface area contributed by atoms with E-state index in [9.17, 15) is 0 Å². The molecular formula is C18H25NOS. The molecule has 1 aromatic carbocycles. The number of nitrogens with two attached hydrogens (primary N) is 1. The highest BCUT2D eigenvalue weighted by Gasteiger charge is 2.53. The lowest BCUT2D eigenvalue weighted by molar-refractivity contribution is -0.0850. The van der Waals surface area contributed by atoms with Crippen molar-refractivity contribution in [2.45, 2.75) is 49.2 Å².